The van der Waals surface area contributed by atoms with Gasteiger partial charge in [-0.15, -0.1) is 0 Å². The fourth-order valence-electron chi connectivity index (χ4n) is 1.62. The maximum absolute atomic E-state index is 6.09. The van der Waals surface area contributed by atoms with E-state index in [1.807, 2.05) is 24.3 Å². The number of nitrogens with one attached hydrogen (secondary N) is 1. The summed E-state index contributed by atoms with van der Waals surface area (Å²) < 4.78 is 5.71. The molecule has 2 atom stereocenters. The zero-order valence-corrected chi connectivity index (χ0v) is 8.92. The second-order valence-corrected chi connectivity index (χ2v) is 4.06. The number of ether oxygens (including phenoxy) is 1. The first-order valence-electron chi connectivity index (χ1n) is 4.87. The lowest BCUT2D eigenvalue weighted by atomic mass is 10.1. The summed E-state index contributed by atoms with van der Waals surface area (Å²) >= 11 is 6.09. The Morgan fingerprint density at radius 2 is 2.21 bits per heavy atom. The zero-order valence-electron chi connectivity index (χ0n) is 8.16. The Kier molecular flexibility index (Phi) is 3.06. The minimum atomic E-state index is 0.0971. The van der Waals surface area contributed by atoms with Gasteiger partial charge in [0.05, 0.1) is 12.7 Å². The summed E-state index contributed by atoms with van der Waals surface area (Å²) in [4.78, 5) is 0. The van der Waals surface area contributed by atoms with E-state index >= 15 is 0 Å². The molecule has 0 spiro atoms. The molecule has 2 nitrogen and oxygen atoms in total. The van der Waals surface area contributed by atoms with Crippen LogP contribution >= 0.6 is 11.6 Å². The van der Waals surface area contributed by atoms with E-state index in [0.29, 0.717) is 6.04 Å². The van der Waals surface area contributed by atoms with Gasteiger partial charge in [0.2, 0.25) is 0 Å². The van der Waals surface area contributed by atoms with Gasteiger partial charge in [-0.25, -0.2) is 0 Å². The molecule has 0 radical (unpaired) electrons. The molecule has 1 fully saturated rings. The number of rotatable bonds is 1. The van der Waals surface area contributed by atoms with Crippen LogP contribution in [0.3, 0.4) is 0 Å². The highest BCUT2D eigenvalue weighted by Gasteiger charge is 2.20. The van der Waals surface area contributed by atoms with Crippen LogP contribution in [-0.2, 0) is 4.74 Å². The number of hydrogen-bond donors (Lipinski definition) is 1. The third kappa shape index (κ3) is 2.08. The van der Waals surface area contributed by atoms with Crippen LogP contribution in [0.1, 0.15) is 18.6 Å². The van der Waals surface area contributed by atoms with Crippen LogP contribution in [0.25, 0.3) is 0 Å². The molecule has 0 bridgehead atoms. The van der Waals surface area contributed by atoms with Crippen LogP contribution < -0.4 is 5.32 Å². The standard InChI is InChI=1S/C11H14ClNO/c1-8-7-14-11(6-13-8)9-4-2-3-5-10(9)12/h2-5,8,11,13H,6-7H2,1H3/t8-,11-/m1/s1. The lowest BCUT2D eigenvalue weighted by Crippen LogP contribution is -2.40. The van der Waals surface area contributed by atoms with Crippen molar-refractivity contribution < 1.29 is 4.74 Å². The molecule has 1 N–H and O–H groups in total. The molecule has 0 unspecified atom stereocenters. The molecule has 1 aromatic rings. The molecule has 0 amide bonds. The van der Waals surface area contributed by atoms with Crippen molar-refractivity contribution in [3.8, 4) is 0 Å². The minimum absolute atomic E-state index is 0.0971. The van der Waals surface area contributed by atoms with Gasteiger partial charge in [-0.3, -0.25) is 0 Å². The van der Waals surface area contributed by atoms with Crippen LogP contribution in [0.2, 0.25) is 5.02 Å². The molecular formula is C11H14ClNO. The van der Waals surface area contributed by atoms with Gasteiger partial charge < -0.3 is 10.1 Å². The molecule has 0 aliphatic carbocycles. The van der Waals surface area contributed by atoms with Crippen molar-refractivity contribution in [3.05, 3.63) is 34.9 Å². The predicted octanol–water partition coefficient (Wildman–Crippen LogP) is 2.39. The lowest BCUT2D eigenvalue weighted by Gasteiger charge is -2.28. The molecule has 0 saturated carbocycles. The number of hydrogen-bond acceptors (Lipinski definition) is 2. The van der Waals surface area contributed by atoms with Gasteiger partial charge in [-0.05, 0) is 13.0 Å². The summed E-state index contributed by atoms with van der Waals surface area (Å²) in [5.41, 5.74) is 1.08. The van der Waals surface area contributed by atoms with E-state index in [9.17, 15) is 0 Å². The Bertz CT molecular complexity index is 308. The van der Waals surface area contributed by atoms with E-state index in [0.717, 1.165) is 23.7 Å². The summed E-state index contributed by atoms with van der Waals surface area (Å²) in [5, 5.41) is 4.16. The molecular weight excluding hydrogens is 198 g/mol. The lowest BCUT2D eigenvalue weighted by molar-refractivity contribution is 0.00701. The number of halogens is 1. The van der Waals surface area contributed by atoms with Crippen molar-refractivity contribution in [2.45, 2.75) is 19.1 Å². The summed E-state index contributed by atoms with van der Waals surface area (Å²) in [5.74, 6) is 0. The van der Waals surface area contributed by atoms with Gasteiger partial charge in [0.1, 0.15) is 0 Å². The van der Waals surface area contributed by atoms with Crippen molar-refractivity contribution in [1.29, 1.82) is 0 Å². The van der Waals surface area contributed by atoms with Crippen molar-refractivity contribution in [2.24, 2.45) is 0 Å². The van der Waals surface area contributed by atoms with Crippen molar-refractivity contribution in [3.63, 3.8) is 0 Å². The zero-order chi connectivity index (χ0) is 9.97. The topological polar surface area (TPSA) is 21.3 Å². The minimum Gasteiger partial charge on any atom is -0.371 e. The third-order valence-corrected chi connectivity index (χ3v) is 2.80. The molecule has 1 aromatic carbocycles. The monoisotopic (exact) mass is 211 g/mol. The fraction of sp³-hybridized carbons (Fsp3) is 0.455. The average molecular weight is 212 g/mol. The average Bonchev–Trinajstić information content (AvgIpc) is 2.20. The second kappa shape index (κ2) is 4.30. The molecule has 2 rings (SSSR count). The van der Waals surface area contributed by atoms with Crippen molar-refractivity contribution >= 4 is 11.6 Å². The second-order valence-electron chi connectivity index (χ2n) is 3.65. The summed E-state index contributed by atoms with van der Waals surface area (Å²) in [7, 11) is 0. The maximum Gasteiger partial charge on any atom is 0.0964 e. The highest BCUT2D eigenvalue weighted by Crippen LogP contribution is 2.26. The van der Waals surface area contributed by atoms with Crippen LogP contribution in [0.5, 0.6) is 0 Å². The van der Waals surface area contributed by atoms with Crippen molar-refractivity contribution in [1.82, 2.24) is 5.32 Å². The van der Waals surface area contributed by atoms with E-state index in [-0.39, 0.29) is 6.10 Å². The predicted molar refractivity (Wildman–Crippen MR) is 57.6 cm³/mol. The van der Waals surface area contributed by atoms with E-state index in [1.54, 1.807) is 0 Å². The molecule has 1 heterocycles. The van der Waals surface area contributed by atoms with E-state index in [2.05, 4.69) is 12.2 Å². The van der Waals surface area contributed by atoms with Gasteiger partial charge in [0, 0.05) is 23.2 Å². The quantitative estimate of drug-likeness (QED) is 0.770. The van der Waals surface area contributed by atoms with E-state index in [1.165, 1.54) is 0 Å². The summed E-state index contributed by atoms with van der Waals surface area (Å²) in [6.45, 7) is 3.70. The molecule has 1 saturated heterocycles. The Morgan fingerprint density at radius 1 is 1.43 bits per heavy atom. The van der Waals surface area contributed by atoms with Crippen molar-refractivity contribution in [2.75, 3.05) is 13.2 Å². The normalized spacial score (nSPS) is 27.6. The number of morpholine rings is 1. The van der Waals surface area contributed by atoms with Gasteiger partial charge >= 0.3 is 0 Å². The third-order valence-electron chi connectivity index (χ3n) is 2.45. The Labute approximate surface area is 89.2 Å². The van der Waals surface area contributed by atoms with E-state index in [4.69, 9.17) is 16.3 Å². The highest BCUT2D eigenvalue weighted by molar-refractivity contribution is 6.31. The van der Waals surface area contributed by atoms with Crippen LogP contribution in [0.4, 0.5) is 0 Å². The number of benzene rings is 1. The molecule has 0 aromatic heterocycles. The van der Waals surface area contributed by atoms with Gasteiger partial charge in [-0.2, -0.15) is 0 Å². The Morgan fingerprint density at radius 3 is 2.86 bits per heavy atom. The van der Waals surface area contributed by atoms with Crippen LogP contribution in [0.15, 0.2) is 24.3 Å². The smallest absolute Gasteiger partial charge is 0.0964 e. The first-order valence-corrected chi connectivity index (χ1v) is 5.24. The molecule has 76 valence electrons. The first kappa shape index (κ1) is 9.97. The van der Waals surface area contributed by atoms with E-state index < -0.39 is 0 Å². The highest BCUT2D eigenvalue weighted by atomic mass is 35.5. The molecule has 14 heavy (non-hydrogen) atoms. The first-order chi connectivity index (χ1) is 6.77. The summed E-state index contributed by atoms with van der Waals surface area (Å²) in [6.07, 6.45) is 0.0971. The Hall–Kier alpha value is -0.570. The molecule has 3 heteroatoms. The fourth-order valence-corrected chi connectivity index (χ4v) is 1.88. The molecule has 1 aliphatic rings. The van der Waals surface area contributed by atoms with Gasteiger partial charge in [0.25, 0.3) is 0 Å². The SMILES string of the molecule is C[C@@H]1CO[C@@H](c2ccccc2Cl)CN1. The largest absolute Gasteiger partial charge is 0.371 e. The molecule has 1 aliphatic heterocycles. The van der Waals surface area contributed by atoms with Crippen LogP contribution in [-0.4, -0.2) is 19.2 Å². The van der Waals surface area contributed by atoms with Gasteiger partial charge in [0.15, 0.2) is 0 Å². The van der Waals surface area contributed by atoms with Crippen LogP contribution in [0, 0.1) is 0 Å². The van der Waals surface area contributed by atoms with Gasteiger partial charge in [-0.1, -0.05) is 29.8 Å². The summed E-state index contributed by atoms with van der Waals surface area (Å²) in [6, 6.07) is 8.28. The maximum atomic E-state index is 6.09. The Balaban J connectivity index is 2.12.